The number of hydrogen-bond donors (Lipinski definition) is 0. The number of rotatable bonds is 7. The standard InChI is InChI=1S/C21H18N4O6/c1-13(18-22-23-19(30-18)15-8-10-16(28-2)11-9-15)29-17(26)12-25-21(27)31-20(24-25)14-6-4-3-5-7-14/h3-11,13H,12H2,1-2H3. The van der Waals surface area contributed by atoms with E-state index < -0.39 is 24.4 Å². The molecule has 1 unspecified atom stereocenters. The molecule has 0 spiro atoms. The Balaban J connectivity index is 1.41. The van der Waals surface area contributed by atoms with E-state index in [1.807, 2.05) is 6.07 Å². The Morgan fingerprint density at radius 3 is 2.42 bits per heavy atom. The van der Waals surface area contributed by atoms with Crippen molar-refractivity contribution in [1.82, 2.24) is 20.0 Å². The summed E-state index contributed by atoms with van der Waals surface area (Å²) in [4.78, 5) is 24.3. The van der Waals surface area contributed by atoms with Gasteiger partial charge in [0.25, 0.3) is 5.89 Å². The second kappa shape index (κ2) is 8.66. The number of carbonyl (C=O) groups excluding carboxylic acids is 1. The van der Waals surface area contributed by atoms with Crippen molar-refractivity contribution in [2.75, 3.05) is 7.11 Å². The van der Waals surface area contributed by atoms with E-state index in [0.717, 1.165) is 4.68 Å². The molecule has 158 valence electrons. The molecule has 0 aliphatic rings. The van der Waals surface area contributed by atoms with Gasteiger partial charge in [-0.3, -0.25) is 4.79 Å². The number of methoxy groups -OCH3 is 1. The summed E-state index contributed by atoms with van der Waals surface area (Å²) in [5, 5.41) is 11.9. The van der Waals surface area contributed by atoms with E-state index >= 15 is 0 Å². The Hall–Kier alpha value is -4.21. The van der Waals surface area contributed by atoms with Gasteiger partial charge in [0.2, 0.25) is 11.8 Å². The molecule has 0 bridgehead atoms. The van der Waals surface area contributed by atoms with Gasteiger partial charge >= 0.3 is 11.7 Å². The van der Waals surface area contributed by atoms with Gasteiger partial charge in [0.05, 0.1) is 7.11 Å². The molecule has 0 saturated carbocycles. The molecule has 31 heavy (non-hydrogen) atoms. The Kier molecular flexibility index (Phi) is 5.61. The lowest BCUT2D eigenvalue weighted by Gasteiger charge is -2.08. The number of ether oxygens (including phenoxy) is 2. The highest BCUT2D eigenvalue weighted by Crippen LogP contribution is 2.24. The summed E-state index contributed by atoms with van der Waals surface area (Å²) in [7, 11) is 1.57. The summed E-state index contributed by atoms with van der Waals surface area (Å²) in [6.07, 6.45) is -0.816. The molecule has 0 aliphatic carbocycles. The zero-order valence-electron chi connectivity index (χ0n) is 16.7. The molecule has 10 heteroatoms. The van der Waals surface area contributed by atoms with Crippen molar-refractivity contribution in [3.05, 3.63) is 71.0 Å². The van der Waals surface area contributed by atoms with Crippen LogP contribution in [0, 0.1) is 0 Å². The van der Waals surface area contributed by atoms with E-state index in [1.54, 1.807) is 62.6 Å². The fourth-order valence-corrected chi connectivity index (χ4v) is 2.76. The predicted molar refractivity (Wildman–Crippen MR) is 107 cm³/mol. The topological polar surface area (TPSA) is 122 Å². The van der Waals surface area contributed by atoms with E-state index in [1.165, 1.54) is 0 Å². The molecule has 0 N–H and O–H groups in total. The quantitative estimate of drug-likeness (QED) is 0.414. The summed E-state index contributed by atoms with van der Waals surface area (Å²) < 4.78 is 22.0. The fourth-order valence-electron chi connectivity index (χ4n) is 2.76. The molecule has 0 amide bonds. The Bertz CT molecular complexity index is 1230. The van der Waals surface area contributed by atoms with Crippen molar-refractivity contribution in [2.45, 2.75) is 19.6 Å². The predicted octanol–water partition coefficient (Wildman–Crippen LogP) is 2.87. The molecule has 0 fully saturated rings. The van der Waals surface area contributed by atoms with Crippen molar-refractivity contribution in [3.8, 4) is 28.7 Å². The van der Waals surface area contributed by atoms with Crippen LogP contribution in [0.3, 0.4) is 0 Å². The van der Waals surface area contributed by atoms with Crippen LogP contribution in [0.2, 0.25) is 0 Å². The Morgan fingerprint density at radius 1 is 1.00 bits per heavy atom. The monoisotopic (exact) mass is 422 g/mol. The number of nitrogens with zero attached hydrogens (tertiary/aromatic N) is 4. The third kappa shape index (κ3) is 4.53. The van der Waals surface area contributed by atoms with Crippen LogP contribution in [-0.2, 0) is 16.1 Å². The average molecular weight is 422 g/mol. The summed E-state index contributed by atoms with van der Waals surface area (Å²) >= 11 is 0. The highest BCUT2D eigenvalue weighted by molar-refractivity contribution is 5.69. The van der Waals surface area contributed by atoms with Crippen LogP contribution < -0.4 is 10.5 Å². The van der Waals surface area contributed by atoms with E-state index in [-0.39, 0.29) is 17.7 Å². The van der Waals surface area contributed by atoms with Crippen LogP contribution in [0.5, 0.6) is 5.75 Å². The maximum Gasteiger partial charge on any atom is 0.437 e. The molecule has 4 aromatic rings. The average Bonchev–Trinajstić information content (AvgIpc) is 3.42. The lowest BCUT2D eigenvalue weighted by atomic mass is 10.2. The van der Waals surface area contributed by atoms with Gasteiger partial charge in [0.15, 0.2) is 6.10 Å². The lowest BCUT2D eigenvalue weighted by molar-refractivity contribution is -0.150. The van der Waals surface area contributed by atoms with Crippen LogP contribution >= 0.6 is 0 Å². The van der Waals surface area contributed by atoms with Crippen LogP contribution in [0.4, 0.5) is 0 Å². The molecular formula is C21H18N4O6. The molecule has 2 aromatic heterocycles. The SMILES string of the molecule is COc1ccc(-c2nnc(C(C)OC(=O)Cn3nc(-c4ccccc4)oc3=O)o2)cc1. The van der Waals surface area contributed by atoms with Gasteiger partial charge < -0.3 is 18.3 Å². The maximum absolute atomic E-state index is 12.3. The summed E-state index contributed by atoms with van der Waals surface area (Å²) in [5.74, 6) is -0.246. The number of benzene rings is 2. The first-order valence-electron chi connectivity index (χ1n) is 9.34. The second-order valence-corrected chi connectivity index (χ2v) is 6.50. The number of esters is 1. The van der Waals surface area contributed by atoms with Gasteiger partial charge in [-0.1, -0.05) is 18.2 Å². The largest absolute Gasteiger partial charge is 0.497 e. The first kappa shape index (κ1) is 20.1. The number of aromatic nitrogens is 4. The van der Waals surface area contributed by atoms with Gasteiger partial charge in [-0.2, -0.15) is 4.68 Å². The van der Waals surface area contributed by atoms with Gasteiger partial charge in [0, 0.05) is 11.1 Å². The highest BCUT2D eigenvalue weighted by Gasteiger charge is 2.21. The van der Waals surface area contributed by atoms with Crippen molar-refractivity contribution in [1.29, 1.82) is 0 Å². The zero-order valence-corrected chi connectivity index (χ0v) is 16.7. The van der Waals surface area contributed by atoms with Crippen LogP contribution in [0.1, 0.15) is 18.9 Å². The van der Waals surface area contributed by atoms with E-state index in [4.69, 9.17) is 18.3 Å². The van der Waals surface area contributed by atoms with Crippen LogP contribution in [0.25, 0.3) is 22.9 Å². The number of carbonyl (C=O) groups is 1. The Morgan fingerprint density at radius 2 is 1.71 bits per heavy atom. The molecule has 10 nitrogen and oxygen atoms in total. The second-order valence-electron chi connectivity index (χ2n) is 6.50. The van der Waals surface area contributed by atoms with Gasteiger partial charge in [0.1, 0.15) is 12.3 Å². The van der Waals surface area contributed by atoms with E-state index in [9.17, 15) is 9.59 Å². The molecule has 2 aromatic carbocycles. The zero-order chi connectivity index (χ0) is 21.8. The van der Waals surface area contributed by atoms with Crippen LogP contribution in [-0.4, -0.2) is 33.1 Å². The fraction of sp³-hybridized carbons (Fsp3) is 0.190. The maximum atomic E-state index is 12.3. The molecular weight excluding hydrogens is 404 g/mol. The normalized spacial score (nSPS) is 11.8. The summed E-state index contributed by atoms with van der Waals surface area (Å²) in [5.41, 5.74) is 1.32. The Labute approximate surface area is 176 Å². The van der Waals surface area contributed by atoms with E-state index in [2.05, 4.69) is 15.3 Å². The minimum atomic E-state index is -0.816. The molecule has 2 heterocycles. The van der Waals surface area contributed by atoms with Gasteiger partial charge in [-0.05, 0) is 43.3 Å². The van der Waals surface area contributed by atoms with Crippen molar-refractivity contribution < 1.29 is 23.1 Å². The molecule has 4 rings (SSSR count). The van der Waals surface area contributed by atoms with Crippen molar-refractivity contribution in [3.63, 3.8) is 0 Å². The van der Waals surface area contributed by atoms with Gasteiger partial charge in [-0.15, -0.1) is 15.3 Å². The van der Waals surface area contributed by atoms with E-state index in [0.29, 0.717) is 16.9 Å². The summed E-state index contributed by atoms with van der Waals surface area (Å²) in [6, 6.07) is 16.0. The van der Waals surface area contributed by atoms with Crippen molar-refractivity contribution >= 4 is 5.97 Å². The molecule has 0 aliphatic heterocycles. The third-order valence-electron chi connectivity index (χ3n) is 4.34. The van der Waals surface area contributed by atoms with Gasteiger partial charge in [-0.25, -0.2) is 4.79 Å². The lowest BCUT2D eigenvalue weighted by Crippen LogP contribution is -2.23. The van der Waals surface area contributed by atoms with Crippen LogP contribution in [0.15, 0.2) is 68.2 Å². The first-order valence-corrected chi connectivity index (χ1v) is 9.34. The molecule has 0 radical (unpaired) electrons. The van der Waals surface area contributed by atoms with Crippen molar-refractivity contribution in [2.24, 2.45) is 0 Å². The third-order valence-corrected chi connectivity index (χ3v) is 4.34. The molecule has 0 saturated heterocycles. The minimum absolute atomic E-state index is 0.118. The minimum Gasteiger partial charge on any atom is -0.497 e. The first-order chi connectivity index (χ1) is 15.0. The number of hydrogen-bond acceptors (Lipinski definition) is 9. The smallest absolute Gasteiger partial charge is 0.437 e. The summed E-state index contributed by atoms with van der Waals surface area (Å²) in [6.45, 7) is 1.17. The highest BCUT2D eigenvalue weighted by atomic mass is 16.6. The molecule has 1 atom stereocenters.